The maximum absolute atomic E-state index is 12.0. The molecule has 252 valence electrons. The average molecular weight is 594 g/mol. The fourth-order valence-electron chi connectivity index (χ4n) is 5.99. The van der Waals surface area contributed by atoms with Crippen molar-refractivity contribution in [3.05, 3.63) is 0 Å². The zero-order chi connectivity index (χ0) is 30.8. The second kappa shape index (κ2) is 34.9. The maximum atomic E-state index is 12.0. The third-order valence-corrected chi connectivity index (χ3v) is 8.97. The van der Waals surface area contributed by atoms with Crippen molar-refractivity contribution in [3.63, 3.8) is 0 Å². The van der Waals surface area contributed by atoms with Gasteiger partial charge in [0.2, 0.25) is 5.91 Å². The van der Waals surface area contributed by atoms with Gasteiger partial charge < -0.3 is 15.1 Å². The van der Waals surface area contributed by atoms with Crippen LogP contribution < -0.4 is 5.32 Å². The molecule has 0 saturated carbocycles. The minimum Gasteiger partial charge on any atom is -0.356 e. The number of hydrogen-bond acceptors (Lipinski definition) is 3. The normalized spacial score (nSPS) is 11.7. The highest BCUT2D eigenvalue weighted by atomic mass is 16.1. The molecular formula is C38H79N3O. The van der Waals surface area contributed by atoms with Crippen LogP contribution in [-0.4, -0.2) is 62.0 Å². The molecule has 0 bridgehead atoms. The van der Waals surface area contributed by atoms with Gasteiger partial charge in [0.15, 0.2) is 0 Å². The summed E-state index contributed by atoms with van der Waals surface area (Å²) >= 11 is 0. The van der Waals surface area contributed by atoms with Gasteiger partial charge in [0, 0.05) is 13.0 Å². The summed E-state index contributed by atoms with van der Waals surface area (Å²) in [7, 11) is 2.33. The van der Waals surface area contributed by atoms with Gasteiger partial charge in [-0.2, -0.15) is 0 Å². The van der Waals surface area contributed by atoms with E-state index in [1.807, 2.05) is 0 Å². The van der Waals surface area contributed by atoms with E-state index in [2.05, 4.69) is 42.9 Å². The zero-order valence-electron chi connectivity index (χ0n) is 29.6. The highest BCUT2D eigenvalue weighted by Gasteiger charge is 2.07. The average Bonchev–Trinajstić information content (AvgIpc) is 2.98. The fraction of sp³-hybridized carbons (Fsp3) is 0.974. The molecule has 0 unspecified atom stereocenters. The molecule has 0 rings (SSSR count). The van der Waals surface area contributed by atoms with E-state index in [0.717, 1.165) is 25.8 Å². The summed E-state index contributed by atoms with van der Waals surface area (Å²) in [6.45, 7) is 13.8. The van der Waals surface area contributed by atoms with Crippen LogP contribution in [0, 0.1) is 0 Å². The topological polar surface area (TPSA) is 35.6 Å². The standard InChI is InChI=1S/C38H79N3O/c1-5-8-11-13-15-17-19-21-23-27-33-40(4)34-30-37-41(35-28-24-22-20-18-16-14-12-9-6-2)36-29-25-26-31-38(42)39-32-10-7-3/h5-37H2,1-4H3,(H,39,42). The second-order valence-corrected chi connectivity index (χ2v) is 13.4. The van der Waals surface area contributed by atoms with Crippen molar-refractivity contribution in [2.45, 2.75) is 194 Å². The molecule has 4 nitrogen and oxygen atoms in total. The van der Waals surface area contributed by atoms with Crippen LogP contribution in [0.4, 0.5) is 0 Å². The van der Waals surface area contributed by atoms with Gasteiger partial charge in [0.25, 0.3) is 0 Å². The van der Waals surface area contributed by atoms with Crippen molar-refractivity contribution in [1.29, 1.82) is 0 Å². The smallest absolute Gasteiger partial charge is 0.219 e. The minimum atomic E-state index is 0.246. The maximum Gasteiger partial charge on any atom is 0.219 e. The van der Waals surface area contributed by atoms with Gasteiger partial charge in [-0.25, -0.2) is 0 Å². The number of nitrogens with one attached hydrogen (secondary N) is 1. The molecule has 0 saturated heterocycles. The van der Waals surface area contributed by atoms with E-state index in [1.165, 1.54) is 180 Å². The molecule has 0 atom stereocenters. The SMILES string of the molecule is CCCCCCCCCCCCN(C)CCCN(CCCCCCCCCCCC)CCCCCC(=O)NCCCC. The van der Waals surface area contributed by atoms with Crippen molar-refractivity contribution in [2.24, 2.45) is 0 Å². The third-order valence-electron chi connectivity index (χ3n) is 8.97. The molecule has 1 amide bonds. The van der Waals surface area contributed by atoms with Crippen molar-refractivity contribution in [3.8, 4) is 0 Å². The van der Waals surface area contributed by atoms with Crippen LogP contribution in [0.3, 0.4) is 0 Å². The monoisotopic (exact) mass is 594 g/mol. The first-order valence-electron chi connectivity index (χ1n) is 19.3. The molecule has 4 heteroatoms. The molecule has 0 aliphatic heterocycles. The Morgan fingerprint density at radius 1 is 0.429 bits per heavy atom. The number of nitrogens with zero attached hydrogens (tertiary/aromatic N) is 2. The van der Waals surface area contributed by atoms with Gasteiger partial charge in [0.05, 0.1) is 0 Å². The van der Waals surface area contributed by atoms with Crippen molar-refractivity contribution >= 4 is 5.91 Å². The highest BCUT2D eigenvalue weighted by Crippen LogP contribution is 2.13. The summed E-state index contributed by atoms with van der Waals surface area (Å²) in [5.74, 6) is 0.246. The van der Waals surface area contributed by atoms with E-state index >= 15 is 0 Å². The molecule has 0 aliphatic carbocycles. The Labute approximate surface area is 265 Å². The summed E-state index contributed by atoms with van der Waals surface area (Å²) in [4.78, 5) is 17.3. The quantitative estimate of drug-likeness (QED) is 0.0742. The van der Waals surface area contributed by atoms with Crippen molar-refractivity contribution in [2.75, 3.05) is 46.3 Å². The number of rotatable bonds is 35. The molecule has 0 aromatic rings. The predicted molar refractivity (Wildman–Crippen MR) is 189 cm³/mol. The van der Waals surface area contributed by atoms with Crippen LogP contribution in [0.5, 0.6) is 0 Å². The molecule has 0 aromatic heterocycles. The van der Waals surface area contributed by atoms with Crippen LogP contribution in [0.25, 0.3) is 0 Å². The van der Waals surface area contributed by atoms with Crippen molar-refractivity contribution < 1.29 is 4.79 Å². The molecular weight excluding hydrogens is 514 g/mol. The van der Waals surface area contributed by atoms with Crippen LogP contribution in [0.15, 0.2) is 0 Å². The van der Waals surface area contributed by atoms with Crippen LogP contribution >= 0.6 is 0 Å². The van der Waals surface area contributed by atoms with Gasteiger partial charge in [-0.3, -0.25) is 4.79 Å². The van der Waals surface area contributed by atoms with Gasteiger partial charge in [-0.15, -0.1) is 0 Å². The Kier molecular flexibility index (Phi) is 34.4. The summed E-state index contributed by atoms with van der Waals surface area (Å²) in [5, 5.41) is 3.06. The predicted octanol–water partition coefficient (Wildman–Crippen LogP) is 10.9. The Morgan fingerprint density at radius 2 is 0.786 bits per heavy atom. The molecule has 0 fully saturated rings. The Morgan fingerprint density at radius 3 is 1.26 bits per heavy atom. The van der Waals surface area contributed by atoms with Crippen molar-refractivity contribution in [1.82, 2.24) is 15.1 Å². The zero-order valence-corrected chi connectivity index (χ0v) is 29.6. The van der Waals surface area contributed by atoms with Crippen LogP contribution in [0.2, 0.25) is 0 Å². The first kappa shape index (κ1) is 41.4. The fourth-order valence-corrected chi connectivity index (χ4v) is 5.99. The summed E-state index contributed by atoms with van der Waals surface area (Å²) in [6.07, 6.45) is 35.9. The third kappa shape index (κ3) is 32.3. The number of hydrogen-bond donors (Lipinski definition) is 1. The van der Waals surface area contributed by atoms with Crippen LogP contribution in [-0.2, 0) is 4.79 Å². The lowest BCUT2D eigenvalue weighted by molar-refractivity contribution is -0.121. The Bertz CT molecular complexity index is 526. The van der Waals surface area contributed by atoms with Gasteiger partial charge >= 0.3 is 0 Å². The lowest BCUT2D eigenvalue weighted by Crippen LogP contribution is -2.30. The molecule has 0 aromatic carbocycles. The van der Waals surface area contributed by atoms with E-state index in [1.54, 1.807) is 0 Å². The van der Waals surface area contributed by atoms with E-state index in [0.29, 0.717) is 6.42 Å². The van der Waals surface area contributed by atoms with Gasteiger partial charge in [0.1, 0.15) is 0 Å². The van der Waals surface area contributed by atoms with E-state index in [-0.39, 0.29) is 5.91 Å². The molecule has 0 spiro atoms. The highest BCUT2D eigenvalue weighted by molar-refractivity contribution is 5.75. The van der Waals surface area contributed by atoms with E-state index < -0.39 is 0 Å². The number of carbonyl (C=O) groups excluding carboxylic acids is 1. The van der Waals surface area contributed by atoms with Gasteiger partial charge in [-0.05, 0) is 78.3 Å². The molecule has 42 heavy (non-hydrogen) atoms. The lowest BCUT2D eigenvalue weighted by Gasteiger charge is -2.24. The minimum absolute atomic E-state index is 0.246. The molecule has 0 radical (unpaired) electrons. The summed E-state index contributed by atoms with van der Waals surface area (Å²) in [5.41, 5.74) is 0. The van der Waals surface area contributed by atoms with Crippen LogP contribution in [0.1, 0.15) is 194 Å². The molecule has 0 heterocycles. The summed E-state index contributed by atoms with van der Waals surface area (Å²) in [6, 6.07) is 0. The number of carbonyl (C=O) groups is 1. The molecule has 0 aliphatic rings. The molecule has 1 N–H and O–H groups in total. The van der Waals surface area contributed by atoms with E-state index in [4.69, 9.17) is 0 Å². The number of amides is 1. The Hall–Kier alpha value is -0.610. The Balaban J connectivity index is 4.07. The van der Waals surface area contributed by atoms with Gasteiger partial charge in [-0.1, -0.05) is 149 Å². The first-order valence-corrected chi connectivity index (χ1v) is 19.3. The summed E-state index contributed by atoms with van der Waals surface area (Å²) < 4.78 is 0. The van der Waals surface area contributed by atoms with E-state index in [9.17, 15) is 4.79 Å². The first-order chi connectivity index (χ1) is 20.6. The largest absolute Gasteiger partial charge is 0.356 e. The number of unbranched alkanes of at least 4 members (excludes halogenated alkanes) is 21. The second-order valence-electron chi connectivity index (χ2n) is 13.4. The lowest BCUT2D eigenvalue weighted by atomic mass is 10.1.